The first-order valence-electron chi connectivity index (χ1n) is 6.00. The van der Waals surface area contributed by atoms with Crippen molar-refractivity contribution in [1.29, 1.82) is 0 Å². The number of nitrogens with one attached hydrogen (secondary N) is 1. The molecular weight excluding hydrogens is 220 g/mol. The van der Waals surface area contributed by atoms with Crippen LogP contribution in [0, 0.1) is 11.8 Å². The van der Waals surface area contributed by atoms with Crippen molar-refractivity contribution < 1.29 is 14.3 Å². The summed E-state index contributed by atoms with van der Waals surface area (Å²) < 4.78 is 4.49. The molecule has 0 fully saturated rings. The van der Waals surface area contributed by atoms with E-state index < -0.39 is 6.09 Å². The first-order chi connectivity index (χ1) is 7.93. The number of methoxy groups -OCH3 is 1. The van der Waals surface area contributed by atoms with Gasteiger partial charge in [-0.1, -0.05) is 20.8 Å². The summed E-state index contributed by atoms with van der Waals surface area (Å²) in [6, 6.07) is 0. The molecule has 1 N–H and O–H groups in total. The van der Waals surface area contributed by atoms with E-state index in [2.05, 4.69) is 10.1 Å². The summed E-state index contributed by atoms with van der Waals surface area (Å²) in [5.74, 6) is 0.0443. The molecule has 0 aliphatic carbocycles. The van der Waals surface area contributed by atoms with E-state index in [1.165, 1.54) is 7.11 Å². The van der Waals surface area contributed by atoms with Gasteiger partial charge in [0.15, 0.2) is 0 Å². The van der Waals surface area contributed by atoms with Crippen molar-refractivity contribution in [1.82, 2.24) is 10.2 Å². The third-order valence-corrected chi connectivity index (χ3v) is 2.71. The molecular formula is C12H24N2O3. The summed E-state index contributed by atoms with van der Waals surface area (Å²) in [6.45, 7) is 7.03. The van der Waals surface area contributed by atoms with Crippen LogP contribution in [0.25, 0.3) is 0 Å². The molecule has 0 aliphatic rings. The second kappa shape index (κ2) is 7.92. The van der Waals surface area contributed by atoms with Gasteiger partial charge in [0.2, 0.25) is 5.91 Å². The Hall–Kier alpha value is -1.26. The standard InChI is InChI=1S/C12H24N2O3/c1-6-7-14(4)11(15)10(9(2)3)8-13-12(16)17-5/h9-10H,6-8H2,1-5H3,(H,13,16). The summed E-state index contributed by atoms with van der Waals surface area (Å²) in [7, 11) is 3.10. The van der Waals surface area contributed by atoms with Crippen molar-refractivity contribution in [2.24, 2.45) is 11.8 Å². The lowest BCUT2D eigenvalue weighted by atomic mass is 9.94. The lowest BCUT2D eigenvalue weighted by molar-refractivity contribution is -0.135. The van der Waals surface area contributed by atoms with E-state index in [9.17, 15) is 9.59 Å². The number of hydrogen-bond donors (Lipinski definition) is 1. The summed E-state index contributed by atoms with van der Waals surface area (Å²) in [5, 5.41) is 2.58. The van der Waals surface area contributed by atoms with Crippen molar-refractivity contribution in [3.8, 4) is 0 Å². The number of hydrogen-bond acceptors (Lipinski definition) is 3. The van der Waals surface area contributed by atoms with E-state index in [0.717, 1.165) is 13.0 Å². The SMILES string of the molecule is CCCN(C)C(=O)C(CNC(=O)OC)C(C)C. The monoisotopic (exact) mass is 244 g/mol. The van der Waals surface area contributed by atoms with Crippen molar-refractivity contribution in [3.63, 3.8) is 0 Å². The van der Waals surface area contributed by atoms with E-state index in [0.29, 0.717) is 6.54 Å². The fourth-order valence-corrected chi connectivity index (χ4v) is 1.60. The third-order valence-electron chi connectivity index (χ3n) is 2.71. The molecule has 0 saturated carbocycles. The fraction of sp³-hybridized carbons (Fsp3) is 0.833. The molecule has 1 unspecified atom stereocenters. The van der Waals surface area contributed by atoms with Gasteiger partial charge in [-0.05, 0) is 12.3 Å². The van der Waals surface area contributed by atoms with Crippen LogP contribution in [-0.2, 0) is 9.53 Å². The molecule has 0 saturated heterocycles. The Morgan fingerprint density at radius 1 is 1.35 bits per heavy atom. The van der Waals surface area contributed by atoms with Crippen LogP contribution in [0.1, 0.15) is 27.2 Å². The molecule has 2 amide bonds. The van der Waals surface area contributed by atoms with Gasteiger partial charge in [0, 0.05) is 20.1 Å². The maximum absolute atomic E-state index is 12.1. The van der Waals surface area contributed by atoms with E-state index in [1.54, 1.807) is 11.9 Å². The normalized spacial score (nSPS) is 12.1. The fourth-order valence-electron chi connectivity index (χ4n) is 1.60. The van der Waals surface area contributed by atoms with Gasteiger partial charge >= 0.3 is 6.09 Å². The van der Waals surface area contributed by atoms with Gasteiger partial charge in [-0.3, -0.25) is 4.79 Å². The molecule has 100 valence electrons. The smallest absolute Gasteiger partial charge is 0.406 e. The molecule has 0 heterocycles. The number of rotatable bonds is 6. The number of ether oxygens (including phenoxy) is 1. The minimum absolute atomic E-state index is 0.0678. The Balaban J connectivity index is 4.41. The Morgan fingerprint density at radius 3 is 2.35 bits per heavy atom. The minimum atomic E-state index is -0.499. The zero-order chi connectivity index (χ0) is 13.4. The lowest BCUT2D eigenvalue weighted by Gasteiger charge is -2.26. The Kier molecular flexibility index (Phi) is 7.34. The van der Waals surface area contributed by atoms with Crippen LogP contribution in [0.15, 0.2) is 0 Å². The molecule has 5 nitrogen and oxygen atoms in total. The van der Waals surface area contributed by atoms with Crippen LogP contribution >= 0.6 is 0 Å². The number of alkyl carbamates (subject to hydrolysis) is 1. The van der Waals surface area contributed by atoms with Gasteiger partial charge in [0.25, 0.3) is 0 Å². The van der Waals surface area contributed by atoms with E-state index >= 15 is 0 Å². The molecule has 1 atom stereocenters. The summed E-state index contributed by atoms with van der Waals surface area (Å²) in [4.78, 5) is 24.8. The summed E-state index contributed by atoms with van der Waals surface area (Å²) >= 11 is 0. The van der Waals surface area contributed by atoms with Crippen LogP contribution in [0.5, 0.6) is 0 Å². The Morgan fingerprint density at radius 2 is 1.94 bits per heavy atom. The molecule has 0 aromatic rings. The Labute approximate surface area is 103 Å². The van der Waals surface area contributed by atoms with Gasteiger partial charge in [0.1, 0.15) is 0 Å². The summed E-state index contributed by atoms with van der Waals surface area (Å²) in [6.07, 6.45) is 0.430. The van der Waals surface area contributed by atoms with Gasteiger partial charge in [-0.2, -0.15) is 0 Å². The molecule has 0 aromatic carbocycles. The second-order valence-corrected chi connectivity index (χ2v) is 4.48. The van der Waals surface area contributed by atoms with Gasteiger partial charge in [0.05, 0.1) is 13.0 Å². The van der Waals surface area contributed by atoms with Crippen molar-refractivity contribution in [3.05, 3.63) is 0 Å². The second-order valence-electron chi connectivity index (χ2n) is 4.48. The molecule has 0 spiro atoms. The van der Waals surface area contributed by atoms with Crippen molar-refractivity contribution in [2.45, 2.75) is 27.2 Å². The highest BCUT2D eigenvalue weighted by Gasteiger charge is 2.25. The molecule has 0 rings (SSSR count). The average molecular weight is 244 g/mol. The van der Waals surface area contributed by atoms with Crippen LogP contribution in [0.4, 0.5) is 4.79 Å². The predicted octanol–water partition coefficient (Wildman–Crippen LogP) is 1.48. The topological polar surface area (TPSA) is 58.6 Å². The lowest BCUT2D eigenvalue weighted by Crippen LogP contribution is -2.42. The number of nitrogens with zero attached hydrogens (tertiary/aromatic N) is 1. The van der Waals surface area contributed by atoms with Gasteiger partial charge in [-0.15, -0.1) is 0 Å². The zero-order valence-electron chi connectivity index (χ0n) is 11.4. The minimum Gasteiger partial charge on any atom is -0.453 e. The number of carbonyl (C=O) groups is 2. The molecule has 0 aliphatic heterocycles. The van der Waals surface area contributed by atoms with Crippen molar-refractivity contribution in [2.75, 3.05) is 27.2 Å². The summed E-state index contributed by atoms with van der Waals surface area (Å²) in [5.41, 5.74) is 0. The Bertz CT molecular complexity index is 254. The van der Waals surface area contributed by atoms with E-state index in [1.807, 2.05) is 20.8 Å². The highest BCUT2D eigenvalue weighted by molar-refractivity contribution is 5.79. The van der Waals surface area contributed by atoms with Crippen LogP contribution in [0.2, 0.25) is 0 Å². The molecule has 0 radical (unpaired) electrons. The first kappa shape index (κ1) is 15.7. The highest BCUT2D eigenvalue weighted by atomic mass is 16.5. The third kappa shape index (κ3) is 5.56. The molecule has 0 aromatic heterocycles. The average Bonchev–Trinajstić information content (AvgIpc) is 2.28. The first-order valence-corrected chi connectivity index (χ1v) is 6.00. The number of carbonyl (C=O) groups excluding carboxylic acids is 2. The van der Waals surface area contributed by atoms with Crippen molar-refractivity contribution >= 4 is 12.0 Å². The van der Waals surface area contributed by atoms with Gasteiger partial charge in [-0.25, -0.2) is 4.79 Å². The quantitative estimate of drug-likeness (QED) is 0.770. The van der Waals surface area contributed by atoms with Crippen LogP contribution in [-0.4, -0.2) is 44.1 Å². The van der Waals surface area contributed by atoms with E-state index in [-0.39, 0.29) is 17.7 Å². The van der Waals surface area contributed by atoms with E-state index in [4.69, 9.17) is 0 Å². The van der Waals surface area contributed by atoms with Gasteiger partial charge < -0.3 is 15.0 Å². The molecule has 17 heavy (non-hydrogen) atoms. The zero-order valence-corrected chi connectivity index (χ0v) is 11.4. The molecule has 5 heteroatoms. The maximum atomic E-state index is 12.1. The van der Waals surface area contributed by atoms with Crippen LogP contribution in [0.3, 0.4) is 0 Å². The highest BCUT2D eigenvalue weighted by Crippen LogP contribution is 2.13. The number of amides is 2. The maximum Gasteiger partial charge on any atom is 0.406 e. The molecule has 0 bridgehead atoms. The largest absolute Gasteiger partial charge is 0.453 e. The van der Waals surface area contributed by atoms with Crippen LogP contribution < -0.4 is 5.32 Å². The predicted molar refractivity (Wildman–Crippen MR) is 66.7 cm³/mol.